The molecule has 0 radical (unpaired) electrons. The van der Waals surface area contributed by atoms with Crippen LogP contribution in [0.2, 0.25) is 0 Å². The van der Waals surface area contributed by atoms with Crippen LogP contribution in [0.15, 0.2) is 65.5 Å². The van der Waals surface area contributed by atoms with Crippen molar-refractivity contribution in [1.29, 1.82) is 0 Å². The van der Waals surface area contributed by atoms with Gasteiger partial charge < -0.3 is 9.88 Å². The minimum Gasteiger partial charge on any atom is -0.354 e. The Morgan fingerprint density at radius 2 is 1.75 bits per heavy atom. The third-order valence-electron chi connectivity index (χ3n) is 4.05. The molecule has 3 rings (SSSR count). The number of benzene rings is 2. The minimum absolute atomic E-state index is 0.00833. The number of hydrogen-bond acceptors (Lipinski definition) is 2. The maximum Gasteiger partial charge on any atom is 0.254 e. The molecule has 24 heavy (non-hydrogen) atoms. The van der Waals surface area contributed by atoms with Crippen LogP contribution in [0.25, 0.3) is 10.9 Å². The molecule has 4 heteroatoms. The molecular formula is C20H20N2O2. The van der Waals surface area contributed by atoms with E-state index in [0.29, 0.717) is 25.1 Å². The fourth-order valence-corrected chi connectivity index (χ4v) is 2.85. The van der Waals surface area contributed by atoms with Crippen LogP contribution in [0, 0.1) is 6.92 Å². The van der Waals surface area contributed by atoms with E-state index < -0.39 is 0 Å². The quantitative estimate of drug-likeness (QED) is 0.786. The number of fused-ring (bicyclic) bond motifs is 1. The van der Waals surface area contributed by atoms with E-state index in [1.807, 2.05) is 67.6 Å². The number of amides is 1. The fourth-order valence-electron chi connectivity index (χ4n) is 2.85. The van der Waals surface area contributed by atoms with Crippen molar-refractivity contribution < 1.29 is 4.79 Å². The van der Waals surface area contributed by atoms with Gasteiger partial charge in [-0.15, -0.1) is 0 Å². The average molecular weight is 320 g/mol. The Labute approximate surface area is 140 Å². The molecule has 1 amide bonds. The molecule has 1 heterocycles. The van der Waals surface area contributed by atoms with Crippen molar-refractivity contribution in [2.45, 2.75) is 19.9 Å². The van der Waals surface area contributed by atoms with Crippen LogP contribution >= 0.6 is 0 Å². The van der Waals surface area contributed by atoms with Crippen molar-refractivity contribution in [2.24, 2.45) is 0 Å². The highest BCUT2D eigenvalue weighted by atomic mass is 16.1. The first-order chi connectivity index (χ1) is 11.6. The number of pyridine rings is 1. The van der Waals surface area contributed by atoms with E-state index in [4.69, 9.17) is 0 Å². The van der Waals surface area contributed by atoms with Crippen molar-refractivity contribution >= 4 is 16.8 Å². The molecule has 0 atom stereocenters. The number of rotatable bonds is 5. The van der Waals surface area contributed by atoms with Gasteiger partial charge in [0.05, 0.1) is 11.9 Å². The van der Waals surface area contributed by atoms with E-state index in [2.05, 4.69) is 5.32 Å². The molecule has 2 aromatic carbocycles. The average Bonchev–Trinajstić information content (AvgIpc) is 2.59. The maximum absolute atomic E-state index is 12.4. The molecule has 0 aliphatic rings. The van der Waals surface area contributed by atoms with Gasteiger partial charge in [0.1, 0.15) is 0 Å². The predicted octanol–water partition coefficient (Wildman–Crippen LogP) is 2.67. The number of nitrogens with one attached hydrogen (secondary N) is 1. The maximum atomic E-state index is 12.4. The first-order valence-electron chi connectivity index (χ1n) is 8.05. The Balaban J connectivity index is 1.69. The highest BCUT2D eigenvalue weighted by Gasteiger charge is 2.07. The molecule has 0 spiro atoms. The zero-order valence-corrected chi connectivity index (χ0v) is 13.7. The summed E-state index contributed by atoms with van der Waals surface area (Å²) in [5, 5.41) is 3.92. The van der Waals surface area contributed by atoms with Crippen LogP contribution in [0.1, 0.15) is 11.1 Å². The molecule has 122 valence electrons. The predicted molar refractivity (Wildman–Crippen MR) is 96.1 cm³/mol. The van der Waals surface area contributed by atoms with E-state index in [1.54, 1.807) is 4.57 Å². The van der Waals surface area contributed by atoms with Gasteiger partial charge in [0, 0.05) is 18.7 Å². The Hall–Kier alpha value is -2.88. The van der Waals surface area contributed by atoms with E-state index in [1.165, 1.54) is 0 Å². The van der Waals surface area contributed by atoms with Gasteiger partial charge in [0.2, 0.25) is 5.91 Å². The van der Waals surface area contributed by atoms with Crippen LogP contribution < -0.4 is 10.9 Å². The molecule has 0 fully saturated rings. The lowest BCUT2D eigenvalue weighted by Crippen LogP contribution is -2.32. The summed E-state index contributed by atoms with van der Waals surface area (Å²) in [7, 11) is 0. The third-order valence-corrected chi connectivity index (χ3v) is 4.05. The van der Waals surface area contributed by atoms with Crippen LogP contribution in [-0.4, -0.2) is 17.0 Å². The third kappa shape index (κ3) is 3.54. The second-order valence-corrected chi connectivity index (χ2v) is 5.86. The fraction of sp³-hybridized carbons (Fsp3) is 0.200. The second kappa shape index (κ2) is 7.13. The lowest BCUT2D eigenvalue weighted by Gasteiger charge is -2.12. The van der Waals surface area contributed by atoms with E-state index >= 15 is 0 Å². The smallest absolute Gasteiger partial charge is 0.254 e. The molecule has 0 aliphatic carbocycles. The number of carbonyl (C=O) groups is 1. The first-order valence-corrected chi connectivity index (χ1v) is 8.05. The molecule has 1 N–H and O–H groups in total. The highest BCUT2D eigenvalue weighted by molar-refractivity contribution is 5.80. The Morgan fingerprint density at radius 1 is 1.04 bits per heavy atom. The van der Waals surface area contributed by atoms with Crippen molar-refractivity contribution in [3.05, 3.63) is 82.1 Å². The van der Waals surface area contributed by atoms with E-state index in [-0.39, 0.29) is 11.5 Å². The van der Waals surface area contributed by atoms with Gasteiger partial charge in [-0.3, -0.25) is 9.59 Å². The first kappa shape index (κ1) is 16.0. The molecular weight excluding hydrogens is 300 g/mol. The Bertz CT molecular complexity index is 914. The van der Waals surface area contributed by atoms with Crippen molar-refractivity contribution in [1.82, 2.24) is 9.88 Å². The molecule has 0 bridgehead atoms. The number of nitrogens with zero attached hydrogens (tertiary/aromatic N) is 1. The van der Waals surface area contributed by atoms with Crippen LogP contribution in [0.4, 0.5) is 0 Å². The number of hydrogen-bond donors (Lipinski definition) is 1. The molecule has 4 nitrogen and oxygen atoms in total. The number of aryl methyl sites for hydroxylation is 1. The summed E-state index contributed by atoms with van der Waals surface area (Å²) in [6.45, 7) is 2.71. The molecule has 1 aromatic heterocycles. The summed E-state index contributed by atoms with van der Waals surface area (Å²) in [6.07, 6.45) is 0.351. The minimum atomic E-state index is -0.0359. The molecule has 0 aliphatic heterocycles. The van der Waals surface area contributed by atoms with E-state index in [0.717, 1.165) is 16.5 Å². The second-order valence-electron chi connectivity index (χ2n) is 5.86. The zero-order chi connectivity index (χ0) is 16.9. The van der Waals surface area contributed by atoms with Gasteiger partial charge in [-0.25, -0.2) is 0 Å². The largest absolute Gasteiger partial charge is 0.354 e. The lowest BCUT2D eigenvalue weighted by molar-refractivity contribution is -0.120. The zero-order valence-electron chi connectivity index (χ0n) is 13.7. The summed E-state index contributed by atoms with van der Waals surface area (Å²) < 4.78 is 1.73. The lowest BCUT2D eigenvalue weighted by atomic mass is 10.1. The van der Waals surface area contributed by atoms with Gasteiger partial charge in [-0.1, -0.05) is 48.5 Å². The van der Waals surface area contributed by atoms with Crippen molar-refractivity contribution in [3.63, 3.8) is 0 Å². The van der Waals surface area contributed by atoms with Crippen molar-refractivity contribution in [2.75, 3.05) is 6.54 Å². The summed E-state index contributed by atoms with van der Waals surface area (Å²) in [6, 6.07) is 19.3. The normalized spacial score (nSPS) is 10.7. The number of para-hydroxylation sites is 1. The SMILES string of the molecule is Cc1cc2ccccc2n(CCNC(=O)Cc2ccccc2)c1=O. The summed E-state index contributed by atoms with van der Waals surface area (Å²) in [4.78, 5) is 24.4. The van der Waals surface area contributed by atoms with Gasteiger partial charge >= 0.3 is 0 Å². The van der Waals surface area contributed by atoms with Gasteiger partial charge in [-0.05, 0) is 30.0 Å². The molecule has 0 saturated heterocycles. The number of aromatic nitrogens is 1. The van der Waals surface area contributed by atoms with Crippen LogP contribution in [0.5, 0.6) is 0 Å². The molecule has 3 aromatic rings. The summed E-state index contributed by atoms with van der Waals surface area (Å²) >= 11 is 0. The van der Waals surface area contributed by atoms with Gasteiger partial charge in [-0.2, -0.15) is 0 Å². The van der Waals surface area contributed by atoms with Crippen LogP contribution in [-0.2, 0) is 17.8 Å². The topological polar surface area (TPSA) is 51.1 Å². The molecule has 0 saturated carbocycles. The Kier molecular flexibility index (Phi) is 4.75. The van der Waals surface area contributed by atoms with Crippen LogP contribution in [0.3, 0.4) is 0 Å². The highest BCUT2D eigenvalue weighted by Crippen LogP contribution is 2.12. The van der Waals surface area contributed by atoms with E-state index in [9.17, 15) is 9.59 Å². The Morgan fingerprint density at radius 3 is 2.54 bits per heavy atom. The van der Waals surface area contributed by atoms with Gasteiger partial charge in [0.25, 0.3) is 5.56 Å². The summed E-state index contributed by atoms with van der Waals surface area (Å²) in [5.74, 6) is -0.0359. The standard InChI is InChI=1S/C20H20N2O2/c1-15-13-17-9-5-6-10-18(17)22(20(15)24)12-11-21-19(23)14-16-7-3-2-4-8-16/h2-10,13H,11-12,14H2,1H3,(H,21,23). The monoisotopic (exact) mass is 320 g/mol. The summed E-state index contributed by atoms with van der Waals surface area (Å²) in [5.41, 5.74) is 2.58. The van der Waals surface area contributed by atoms with Gasteiger partial charge in [0.15, 0.2) is 0 Å². The molecule has 0 unspecified atom stereocenters. The number of carbonyl (C=O) groups excluding carboxylic acids is 1. The van der Waals surface area contributed by atoms with Crippen molar-refractivity contribution in [3.8, 4) is 0 Å².